The number of hydrogen-bond donors (Lipinski definition) is 1. The van der Waals surface area contributed by atoms with Crippen LogP contribution in [0.4, 0.5) is 4.79 Å². The van der Waals surface area contributed by atoms with Gasteiger partial charge < -0.3 is 14.6 Å². The molecule has 0 unspecified atom stereocenters. The number of aryl methyl sites for hydroxylation is 1. The third-order valence-electron chi connectivity index (χ3n) is 5.01. The van der Waals surface area contributed by atoms with Crippen molar-refractivity contribution in [3.05, 3.63) is 81.4 Å². The second kappa shape index (κ2) is 7.38. The van der Waals surface area contributed by atoms with Gasteiger partial charge in [0.05, 0.1) is 19.4 Å². The van der Waals surface area contributed by atoms with Gasteiger partial charge in [0.15, 0.2) is 0 Å². The molecule has 0 bridgehead atoms. The van der Waals surface area contributed by atoms with Crippen LogP contribution in [0.3, 0.4) is 0 Å². The van der Waals surface area contributed by atoms with Crippen LogP contribution in [0.15, 0.2) is 58.5 Å². The molecule has 0 saturated heterocycles. The third-order valence-corrected chi connectivity index (χ3v) is 5.87. The lowest BCUT2D eigenvalue weighted by Gasteiger charge is -2.28. The standard InChI is InChI=1S/C21H22N2O2S/c1-15-8-9-25-20(15)13-22-21(24)23(14-19-7-4-10-26-19)18-11-16-5-2-3-6-17(16)12-18/h2-10,18H,11-14H2,1H3,(H,22,24). The Morgan fingerprint density at radius 2 is 1.96 bits per heavy atom. The number of nitrogens with zero attached hydrogens (tertiary/aromatic N) is 1. The van der Waals surface area contributed by atoms with Gasteiger partial charge in [-0.2, -0.15) is 0 Å². The molecule has 1 aromatic carbocycles. The molecule has 3 aromatic rings. The fraction of sp³-hybridized carbons (Fsp3) is 0.286. The van der Waals surface area contributed by atoms with Crippen LogP contribution in [0.25, 0.3) is 0 Å². The number of nitrogens with one attached hydrogen (secondary N) is 1. The Kier molecular flexibility index (Phi) is 4.80. The number of thiophene rings is 1. The highest BCUT2D eigenvalue weighted by Crippen LogP contribution is 2.27. The summed E-state index contributed by atoms with van der Waals surface area (Å²) in [5, 5.41) is 5.10. The van der Waals surface area contributed by atoms with E-state index < -0.39 is 0 Å². The zero-order valence-electron chi connectivity index (χ0n) is 14.8. The predicted molar refractivity (Wildman–Crippen MR) is 103 cm³/mol. The molecule has 0 saturated carbocycles. The first-order chi connectivity index (χ1) is 12.7. The number of benzene rings is 1. The minimum atomic E-state index is -0.0352. The molecule has 1 N–H and O–H groups in total. The van der Waals surface area contributed by atoms with Crippen LogP contribution in [-0.4, -0.2) is 17.0 Å². The fourth-order valence-corrected chi connectivity index (χ4v) is 4.24. The average Bonchev–Trinajstić information content (AvgIpc) is 3.38. The van der Waals surface area contributed by atoms with Gasteiger partial charge in [-0.3, -0.25) is 0 Å². The van der Waals surface area contributed by atoms with Gasteiger partial charge in [0, 0.05) is 10.9 Å². The lowest BCUT2D eigenvalue weighted by Crippen LogP contribution is -2.45. The number of fused-ring (bicyclic) bond motifs is 1. The summed E-state index contributed by atoms with van der Waals surface area (Å²) in [6.45, 7) is 3.04. The van der Waals surface area contributed by atoms with Gasteiger partial charge in [0.1, 0.15) is 5.76 Å². The van der Waals surface area contributed by atoms with Crippen molar-refractivity contribution >= 4 is 17.4 Å². The van der Waals surface area contributed by atoms with Crippen molar-refractivity contribution in [2.45, 2.75) is 38.9 Å². The summed E-state index contributed by atoms with van der Waals surface area (Å²) in [5.41, 5.74) is 3.76. The molecule has 0 spiro atoms. The van der Waals surface area contributed by atoms with Gasteiger partial charge in [0.2, 0.25) is 0 Å². The maximum absolute atomic E-state index is 13.0. The maximum Gasteiger partial charge on any atom is 0.318 e. The van der Waals surface area contributed by atoms with Crippen LogP contribution in [0.2, 0.25) is 0 Å². The summed E-state index contributed by atoms with van der Waals surface area (Å²) in [6.07, 6.45) is 3.48. The average molecular weight is 366 g/mol. The summed E-state index contributed by atoms with van der Waals surface area (Å²) in [4.78, 5) is 16.2. The van der Waals surface area contributed by atoms with Gasteiger partial charge in [-0.05, 0) is 54.0 Å². The van der Waals surface area contributed by atoms with Crippen LogP contribution in [0, 0.1) is 6.92 Å². The first kappa shape index (κ1) is 16.9. The van der Waals surface area contributed by atoms with E-state index in [0.717, 1.165) is 24.2 Å². The number of carbonyl (C=O) groups excluding carboxylic acids is 1. The Morgan fingerprint density at radius 3 is 2.58 bits per heavy atom. The Balaban J connectivity index is 1.49. The molecule has 134 valence electrons. The van der Waals surface area contributed by atoms with E-state index in [1.54, 1.807) is 17.6 Å². The number of urea groups is 1. The molecular formula is C21H22N2O2S. The summed E-state index contributed by atoms with van der Waals surface area (Å²) in [7, 11) is 0. The first-order valence-electron chi connectivity index (χ1n) is 8.87. The lowest BCUT2D eigenvalue weighted by molar-refractivity contribution is 0.171. The van der Waals surface area contributed by atoms with Crippen molar-refractivity contribution in [2.75, 3.05) is 0 Å². The highest BCUT2D eigenvalue weighted by Gasteiger charge is 2.30. The van der Waals surface area contributed by atoms with Gasteiger partial charge in [-0.25, -0.2) is 4.79 Å². The SMILES string of the molecule is Cc1ccoc1CNC(=O)N(Cc1cccs1)C1Cc2ccccc2C1. The summed E-state index contributed by atoms with van der Waals surface area (Å²) in [5.74, 6) is 0.809. The normalized spacial score (nSPS) is 13.6. The van der Waals surface area contributed by atoms with Gasteiger partial charge in [-0.1, -0.05) is 30.3 Å². The van der Waals surface area contributed by atoms with Gasteiger partial charge in [-0.15, -0.1) is 11.3 Å². The topological polar surface area (TPSA) is 45.5 Å². The molecule has 2 aromatic heterocycles. The van der Waals surface area contributed by atoms with Crippen LogP contribution < -0.4 is 5.32 Å². The Labute approximate surface area is 157 Å². The number of furan rings is 1. The van der Waals surface area contributed by atoms with Crippen molar-refractivity contribution in [1.82, 2.24) is 10.2 Å². The highest BCUT2D eigenvalue weighted by molar-refractivity contribution is 7.09. The van der Waals surface area contributed by atoms with E-state index in [1.165, 1.54) is 16.0 Å². The fourth-order valence-electron chi connectivity index (χ4n) is 3.54. The molecule has 0 fully saturated rings. The second-order valence-electron chi connectivity index (χ2n) is 6.72. The first-order valence-corrected chi connectivity index (χ1v) is 9.75. The second-order valence-corrected chi connectivity index (χ2v) is 7.76. The molecule has 0 atom stereocenters. The maximum atomic E-state index is 13.0. The molecule has 2 amide bonds. The Hall–Kier alpha value is -2.53. The third kappa shape index (κ3) is 3.53. The van der Waals surface area contributed by atoms with Crippen molar-refractivity contribution in [2.24, 2.45) is 0 Å². The summed E-state index contributed by atoms with van der Waals surface area (Å²) in [6, 6.07) is 14.7. The molecule has 1 aliphatic rings. The molecule has 26 heavy (non-hydrogen) atoms. The van der Waals surface area contributed by atoms with E-state index in [-0.39, 0.29) is 12.1 Å². The van der Waals surface area contributed by atoms with E-state index in [1.807, 2.05) is 24.0 Å². The molecule has 1 aliphatic carbocycles. The Morgan fingerprint density at radius 1 is 1.19 bits per heavy atom. The van der Waals surface area contributed by atoms with E-state index >= 15 is 0 Å². The molecule has 0 radical (unpaired) electrons. The van der Waals surface area contributed by atoms with Crippen LogP contribution in [0.5, 0.6) is 0 Å². The number of amides is 2. The monoisotopic (exact) mass is 366 g/mol. The van der Waals surface area contributed by atoms with Gasteiger partial charge in [0.25, 0.3) is 0 Å². The lowest BCUT2D eigenvalue weighted by atomic mass is 10.1. The van der Waals surface area contributed by atoms with Crippen LogP contribution in [0.1, 0.15) is 27.3 Å². The van der Waals surface area contributed by atoms with E-state index in [0.29, 0.717) is 13.1 Å². The number of rotatable bonds is 5. The summed E-state index contributed by atoms with van der Waals surface area (Å²) >= 11 is 1.69. The minimum Gasteiger partial charge on any atom is -0.467 e. The predicted octanol–water partition coefficient (Wildman–Crippen LogP) is 4.53. The molecule has 4 nitrogen and oxygen atoms in total. The molecular weight excluding hydrogens is 344 g/mol. The van der Waals surface area contributed by atoms with Crippen molar-refractivity contribution in [3.8, 4) is 0 Å². The number of carbonyl (C=O) groups is 1. The van der Waals surface area contributed by atoms with Crippen molar-refractivity contribution < 1.29 is 9.21 Å². The molecule has 0 aliphatic heterocycles. The van der Waals surface area contributed by atoms with Crippen LogP contribution >= 0.6 is 11.3 Å². The minimum absolute atomic E-state index is 0.0352. The van der Waals surface area contributed by atoms with E-state index in [9.17, 15) is 4.79 Å². The van der Waals surface area contributed by atoms with Gasteiger partial charge >= 0.3 is 6.03 Å². The zero-order valence-corrected chi connectivity index (χ0v) is 15.6. The van der Waals surface area contributed by atoms with E-state index in [2.05, 4.69) is 41.0 Å². The molecule has 4 rings (SSSR count). The van der Waals surface area contributed by atoms with E-state index in [4.69, 9.17) is 4.42 Å². The molecule has 5 heteroatoms. The largest absolute Gasteiger partial charge is 0.467 e. The zero-order chi connectivity index (χ0) is 17.9. The van der Waals surface area contributed by atoms with Crippen LogP contribution in [-0.2, 0) is 25.9 Å². The number of hydrogen-bond acceptors (Lipinski definition) is 3. The quantitative estimate of drug-likeness (QED) is 0.721. The smallest absolute Gasteiger partial charge is 0.318 e. The Bertz CT molecular complexity index is 860. The molecule has 2 heterocycles. The van der Waals surface area contributed by atoms with Crippen molar-refractivity contribution in [3.63, 3.8) is 0 Å². The van der Waals surface area contributed by atoms with Crippen molar-refractivity contribution in [1.29, 1.82) is 0 Å². The highest BCUT2D eigenvalue weighted by atomic mass is 32.1. The summed E-state index contributed by atoms with van der Waals surface area (Å²) < 4.78 is 5.45.